The quantitative estimate of drug-likeness (QED) is 0.154. The summed E-state index contributed by atoms with van der Waals surface area (Å²) in [4.78, 5) is 23.0. The number of unbranched alkanes of at least 4 members (excludes halogenated alkanes) is 4. The summed E-state index contributed by atoms with van der Waals surface area (Å²) in [5, 5.41) is 0.774. The van der Waals surface area contributed by atoms with Crippen LogP contribution in [0.4, 0.5) is 0 Å². The summed E-state index contributed by atoms with van der Waals surface area (Å²) in [5.74, 6) is 1.28. The minimum Gasteiger partial charge on any atom is -0.424 e. The highest BCUT2D eigenvalue weighted by atomic mass is 16.5. The molecule has 0 amide bonds. The zero-order valence-electron chi connectivity index (χ0n) is 21.5. The lowest BCUT2D eigenvalue weighted by molar-refractivity contribution is -0.134. The molecule has 3 heterocycles. The Morgan fingerprint density at radius 3 is 2.53 bits per heavy atom. The van der Waals surface area contributed by atoms with E-state index in [1.165, 1.54) is 0 Å². The molecule has 6 nitrogen and oxygen atoms in total. The molecule has 0 atom stereocenters. The first-order valence-electron chi connectivity index (χ1n) is 13.2. The predicted molar refractivity (Wildman–Crippen MR) is 145 cm³/mol. The summed E-state index contributed by atoms with van der Waals surface area (Å²) in [6.07, 6.45) is 9.41. The molecule has 36 heavy (non-hydrogen) atoms. The third kappa shape index (κ3) is 4.60. The maximum absolute atomic E-state index is 12.8. The van der Waals surface area contributed by atoms with E-state index in [1.807, 2.05) is 35.0 Å². The minimum atomic E-state index is -0.215. The van der Waals surface area contributed by atoms with E-state index in [-0.39, 0.29) is 5.97 Å². The summed E-state index contributed by atoms with van der Waals surface area (Å²) >= 11 is 0. The average molecular weight is 483 g/mol. The average Bonchev–Trinajstić information content (AvgIpc) is 3.43. The van der Waals surface area contributed by atoms with Gasteiger partial charge in [0.2, 0.25) is 0 Å². The van der Waals surface area contributed by atoms with Crippen LogP contribution < -0.4 is 4.74 Å². The predicted octanol–water partition coefficient (Wildman–Crippen LogP) is 7.35. The number of carbonyl (C=O) groups excluding carboxylic acids is 1. The van der Waals surface area contributed by atoms with Crippen molar-refractivity contribution in [1.82, 2.24) is 18.9 Å². The number of fused-ring (bicyclic) bond motifs is 5. The molecule has 0 aliphatic rings. The van der Waals surface area contributed by atoms with Crippen molar-refractivity contribution in [1.29, 1.82) is 0 Å². The van der Waals surface area contributed by atoms with Crippen molar-refractivity contribution in [2.24, 2.45) is 0 Å². The first-order chi connectivity index (χ1) is 17.6. The number of aromatic nitrogens is 4. The number of hydrogen-bond acceptors (Lipinski definition) is 4. The smallest absolute Gasteiger partial charge is 0.311 e. The van der Waals surface area contributed by atoms with Crippen molar-refractivity contribution in [2.45, 2.75) is 72.1 Å². The van der Waals surface area contributed by atoms with Crippen LogP contribution in [0.3, 0.4) is 0 Å². The topological polar surface area (TPSA) is 61.4 Å². The molecule has 0 saturated carbocycles. The lowest BCUT2D eigenvalue weighted by Gasteiger charge is -2.10. The fraction of sp³-hybridized carbons (Fsp3) is 0.367. The molecular weight excluding hydrogens is 448 g/mol. The number of ether oxygens (including phenoxy) is 1. The number of carbonyl (C=O) groups is 1. The van der Waals surface area contributed by atoms with Gasteiger partial charge in [0.25, 0.3) is 0 Å². The van der Waals surface area contributed by atoms with Crippen LogP contribution in [0.15, 0.2) is 54.7 Å². The van der Waals surface area contributed by atoms with Gasteiger partial charge in [0, 0.05) is 18.5 Å². The monoisotopic (exact) mass is 482 g/mol. The minimum absolute atomic E-state index is 0.215. The molecule has 0 bridgehead atoms. The zero-order valence-corrected chi connectivity index (χ0v) is 21.5. The van der Waals surface area contributed by atoms with E-state index < -0.39 is 0 Å². The fourth-order valence-corrected chi connectivity index (χ4v) is 4.87. The van der Waals surface area contributed by atoms with Crippen LogP contribution in [0.1, 0.15) is 70.2 Å². The zero-order chi connectivity index (χ0) is 25.1. The second-order valence-electron chi connectivity index (χ2n) is 9.58. The molecule has 0 aliphatic heterocycles. The van der Waals surface area contributed by atoms with E-state index in [9.17, 15) is 4.79 Å². The number of rotatable bonds is 10. The van der Waals surface area contributed by atoms with Gasteiger partial charge < -0.3 is 4.74 Å². The van der Waals surface area contributed by atoms with Crippen molar-refractivity contribution < 1.29 is 9.53 Å². The van der Waals surface area contributed by atoms with Crippen molar-refractivity contribution in [3.8, 4) is 11.4 Å². The van der Waals surface area contributed by atoms with E-state index in [1.54, 1.807) is 0 Å². The van der Waals surface area contributed by atoms with E-state index >= 15 is 0 Å². The van der Waals surface area contributed by atoms with Gasteiger partial charge in [0.1, 0.15) is 11.2 Å². The molecule has 186 valence electrons. The van der Waals surface area contributed by atoms with Gasteiger partial charge in [-0.3, -0.25) is 13.8 Å². The Morgan fingerprint density at radius 2 is 1.72 bits per heavy atom. The van der Waals surface area contributed by atoms with Gasteiger partial charge in [-0.1, -0.05) is 63.8 Å². The van der Waals surface area contributed by atoms with Crippen molar-refractivity contribution in [2.75, 3.05) is 0 Å². The molecule has 5 rings (SSSR count). The highest BCUT2D eigenvalue weighted by Gasteiger charge is 2.23. The Hall–Kier alpha value is -3.67. The number of hydrogen-bond donors (Lipinski definition) is 0. The second-order valence-corrected chi connectivity index (χ2v) is 9.58. The van der Waals surface area contributed by atoms with E-state index in [4.69, 9.17) is 14.7 Å². The number of benzene rings is 2. The van der Waals surface area contributed by atoms with Crippen molar-refractivity contribution in [3.63, 3.8) is 0 Å². The second kappa shape index (κ2) is 10.5. The number of aryl methyl sites for hydroxylation is 2. The summed E-state index contributed by atoms with van der Waals surface area (Å²) < 4.78 is 10.2. The molecule has 0 radical (unpaired) electrons. The number of para-hydroxylation sites is 2. The number of imidazole rings is 1. The SMILES string of the molecule is CCCCCC(=O)Oc1cn(-c2cccc(C)c2)c2nc(CCCCC)n3c4ccccc4nc3c12. The lowest BCUT2D eigenvalue weighted by Crippen LogP contribution is -2.08. The van der Waals surface area contributed by atoms with Gasteiger partial charge in [-0.25, -0.2) is 9.97 Å². The molecule has 2 aromatic carbocycles. The standard InChI is InChI=1S/C30H34N4O2/c1-4-6-8-17-26-32-29-28(30-31-23-15-10-11-16-24(23)34(26)30)25(36-27(35)18-9-7-5-2)20-33(29)22-14-12-13-21(3)19-22/h10-16,19-20H,4-9,17-18H2,1-3H3. The van der Waals surface area contributed by atoms with Gasteiger partial charge in [0.05, 0.1) is 17.2 Å². The molecule has 0 saturated heterocycles. The third-order valence-electron chi connectivity index (χ3n) is 6.71. The van der Waals surface area contributed by atoms with Gasteiger partial charge >= 0.3 is 5.97 Å². The van der Waals surface area contributed by atoms with Gasteiger partial charge in [-0.15, -0.1) is 0 Å². The summed E-state index contributed by atoms with van der Waals surface area (Å²) in [7, 11) is 0. The first-order valence-corrected chi connectivity index (χ1v) is 13.2. The highest BCUT2D eigenvalue weighted by Crippen LogP contribution is 2.35. The van der Waals surface area contributed by atoms with Crippen LogP contribution >= 0.6 is 0 Å². The molecule has 0 fully saturated rings. The Bertz CT molecular complexity index is 1530. The number of nitrogens with zero attached hydrogens (tertiary/aromatic N) is 4. The van der Waals surface area contributed by atoms with E-state index in [0.717, 1.165) is 89.7 Å². The van der Waals surface area contributed by atoms with Gasteiger partial charge in [-0.2, -0.15) is 0 Å². The summed E-state index contributed by atoms with van der Waals surface area (Å²) in [6, 6.07) is 16.4. The maximum atomic E-state index is 12.8. The molecule has 0 unspecified atom stereocenters. The third-order valence-corrected chi connectivity index (χ3v) is 6.71. The van der Waals surface area contributed by atoms with Crippen molar-refractivity contribution >= 4 is 33.7 Å². The fourth-order valence-electron chi connectivity index (χ4n) is 4.87. The summed E-state index contributed by atoms with van der Waals surface area (Å²) in [5.41, 5.74) is 5.63. The van der Waals surface area contributed by atoms with E-state index in [2.05, 4.69) is 49.4 Å². The molecule has 6 heteroatoms. The highest BCUT2D eigenvalue weighted by molar-refractivity contribution is 6.01. The first kappa shape index (κ1) is 24.0. The van der Waals surface area contributed by atoms with Crippen LogP contribution in [0.25, 0.3) is 33.4 Å². The number of esters is 1. The Labute approximate surface area is 211 Å². The Kier molecular flexibility index (Phi) is 7.03. The molecular formula is C30H34N4O2. The Morgan fingerprint density at radius 1 is 0.917 bits per heavy atom. The van der Waals surface area contributed by atoms with E-state index in [0.29, 0.717) is 12.2 Å². The Balaban J connectivity index is 1.75. The van der Waals surface area contributed by atoms with Crippen LogP contribution in [-0.2, 0) is 11.2 Å². The van der Waals surface area contributed by atoms with Gasteiger partial charge in [-0.05, 0) is 49.6 Å². The largest absolute Gasteiger partial charge is 0.424 e. The van der Waals surface area contributed by atoms with Crippen LogP contribution in [0.5, 0.6) is 5.75 Å². The van der Waals surface area contributed by atoms with Crippen molar-refractivity contribution in [3.05, 3.63) is 66.1 Å². The molecule has 0 N–H and O–H groups in total. The van der Waals surface area contributed by atoms with Crippen LogP contribution in [0, 0.1) is 6.92 Å². The lowest BCUT2D eigenvalue weighted by atomic mass is 10.2. The molecule has 0 aliphatic carbocycles. The van der Waals surface area contributed by atoms with Gasteiger partial charge in [0.15, 0.2) is 17.0 Å². The molecule has 0 spiro atoms. The van der Waals surface area contributed by atoms with Crippen LogP contribution in [-0.4, -0.2) is 24.9 Å². The summed E-state index contributed by atoms with van der Waals surface area (Å²) in [6.45, 7) is 6.42. The van der Waals surface area contributed by atoms with Crippen LogP contribution in [0.2, 0.25) is 0 Å². The normalized spacial score (nSPS) is 11.6. The molecule has 3 aromatic heterocycles. The maximum Gasteiger partial charge on any atom is 0.311 e. The molecule has 5 aromatic rings.